The average Bonchev–Trinajstić information content (AvgIpc) is 2.68. The molecule has 0 aliphatic carbocycles. The first-order valence-electron chi connectivity index (χ1n) is 8.38. The van der Waals surface area contributed by atoms with Crippen molar-refractivity contribution in [2.75, 3.05) is 5.32 Å². The van der Waals surface area contributed by atoms with E-state index in [2.05, 4.69) is 10.3 Å². The third-order valence-corrected chi connectivity index (χ3v) is 3.75. The zero-order valence-corrected chi connectivity index (χ0v) is 14.6. The minimum Gasteiger partial charge on any atom is -0.485 e. The second kappa shape index (κ2) is 8.62. The zero-order chi connectivity index (χ0) is 18.2. The van der Waals surface area contributed by atoms with Crippen molar-refractivity contribution in [3.05, 3.63) is 95.7 Å². The van der Waals surface area contributed by atoms with Crippen LogP contribution in [-0.2, 0) is 11.4 Å². The molecule has 3 rings (SSSR count). The number of pyridine rings is 1. The lowest BCUT2D eigenvalue weighted by atomic mass is 10.1. The number of nitrogens with zero attached hydrogens (tertiary/aromatic N) is 1. The van der Waals surface area contributed by atoms with Crippen LogP contribution < -0.4 is 10.1 Å². The Kier molecular flexibility index (Phi) is 5.78. The fourth-order valence-corrected chi connectivity index (χ4v) is 2.34. The number of ether oxygens (including phenoxy) is 1. The number of anilines is 1. The van der Waals surface area contributed by atoms with Crippen molar-refractivity contribution < 1.29 is 9.53 Å². The molecule has 0 saturated heterocycles. The van der Waals surface area contributed by atoms with Gasteiger partial charge in [-0.2, -0.15) is 0 Å². The van der Waals surface area contributed by atoms with Gasteiger partial charge >= 0.3 is 0 Å². The molecule has 0 radical (unpaired) electrons. The minimum absolute atomic E-state index is 0.256. The Labute approximate surface area is 153 Å². The van der Waals surface area contributed by atoms with Crippen LogP contribution in [-0.4, -0.2) is 10.9 Å². The highest BCUT2D eigenvalue weighted by atomic mass is 16.5. The summed E-state index contributed by atoms with van der Waals surface area (Å²) in [7, 11) is 0. The van der Waals surface area contributed by atoms with Crippen LogP contribution in [0, 0.1) is 6.92 Å². The standard InChI is InChI=1S/C22H20N2O2/c1-17-9-11-18(12-10-17)13-14-21(25)24-22-20(8-5-15-23-22)26-16-19-6-3-2-4-7-19/h2-15H,16H2,1H3,(H,23,24,25)/b14-13+. The minimum atomic E-state index is -0.256. The first-order chi connectivity index (χ1) is 12.7. The third kappa shape index (κ3) is 5.05. The molecule has 0 saturated carbocycles. The molecule has 0 fully saturated rings. The highest BCUT2D eigenvalue weighted by Gasteiger charge is 2.07. The van der Waals surface area contributed by atoms with Crippen molar-refractivity contribution >= 4 is 17.8 Å². The van der Waals surface area contributed by atoms with Crippen molar-refractivity contribution in [2.45, 2.75) is 13.5 Å². The molecule has 0 aliphatic rings. The van der Waals surface area contributed by atoms with Gasteiger partial charge in [0.1, 0.15) is 6.61 Å². The maximum Gasteiger partial charge on any atom is 0.249 e. The van der Waals surface area contributed by atoms with Gasteiger partial charge in [-0.3, -0.25) is 4.79 Å². The van der Waals surface area contributed by atoms with Crippen LogP contribution in [0.5, 0.6) is 5.75 Å². The smallest absolute Gasteiger partial charge is 0.249 e. The molecular formula is C22H20N2O2. The van der Waals surface area contributed by atoms with Crippen molar-refractivity contribution in [1.82, 2.24) is 4.98 Å². The number of rotatable bonds is 6. The van der Waals surface area contributed by atoms with E-state index in [4.69, 9.17) is 4.74 Å². The van der Waals surface area contributed by atoms with Crippen molar-refractivity contribution in [3.8, 4) is 5.75 Å². The topological polar surface area (TPSA) is 51.2 Å². The number of hydrogen-bond donors (Lipinski definition) is 1. The molecule has 0 atom stereocenters. The van der Waals surface area contributed by atoms with Gasteiger partial charge in [0, 0.05) is 12.3 Å². The van der Waals surface area contributed by atoms with E-state index < -0.39 is 0 Å². The molecule has 26 heavy (non-hydrogen) atoms. The van der Waals surface area contributed by atoms with Crippen molar-refractivity contribution in [2.24, 2.45) is 0 Å². The number of benzene rings is 2. The van der Waals surface area contributed by atoms with Crippen LogP contribution >= 0.6 is 0 Å². The zero-order valence-electron chi connectivity index (χ0n) is 14.6. The Morgan fingerprint density at radius 2 is 1.81 bits per heavy atom. The lowest BCUT2D eigenvalue weighted by Gasteiger charge is -2.10. The molecule has 4 nitrogen and oxygen atoms in total. The van der Waals surface area contributed by atoms with Crippen LogP contribution in [0.1, 0.15) is 16.7 Å². The predicted molar refractivity (Wildman–Crippen MR) is 104 cm³/mol. The van der Waals surface area contributed by atoms with Gasteiger partial charge in [0.2, 0.25) is 5.91 Å². The number of aryl methyl sites for hydroxylation is 1. The average molecular weight is 344 g/mol. The molecule has 1 N–H and O–H groups in total. The lowest BCUT2D eigenvalue weighted by Crippen LogP contribution is -2.11. The van der Waals surface area contributed by atoms with E-state index in [1.165, 1.54) is 11.6 Å². The Balaban J connectivity index is 1.63. The molecule has 4 heteroatoms. The van der Waals surface area contributed by atoms with Crippen LogP contribution in [0.3, 0.4) is 0 Å². The molecule has 0 unspecified atom stereocenters. The molecule has 2 aromatic carbocycles. The highest BCUT2D eigenvalue weighted by molar-refractivity contribution is 6.02. The quantitative estimate of drug-likeness (QED) is 0.664. The molecule has 1 amide bonds. The van der Waals surface area contributed by atoms with Gasteiger partial charge in [0.05, 0.1) is 0 Å². The fraction of sp³-hybridized carbons (Fsp3) is 0.0909. The third-order valence-electron chi connectivity index (χ3n) is 3.75. The predicted octanol–water partition coefficient (Wildman–Crippen LogP) is 4.62. The fourth-order valence-electron chi connectivity index (χ4n) is 2.34. The molecule has 1 aromatic heterocycles. The summed E-state index contributed by atoms with van der Waals surface area (Å²) in [5.41, 5.74) is 3.19. The Bertz CT molecular complexity index is 888. The van der Waals surface area contributed by atoms with Crippen LogP contribution in [0.2, 0.25) is 0 Å². The Morgan fingerprint density at radius 3 is 2.58 bits per heavy atom. The van der Waals surface area contributed by atoms with Gasteiger partial charge in [0.15, 0.2) is 11.6 Å². The maximum absolute atomic E-state index is 12.2. The van der Waals surface area contributed by atoms with Gasteiger partial charge < -0.3 is 10.1 Å². The molecular weight excluding hydrogens is 324 g/mol. The van der Waals surface area contributed by atoms with Crippen molar-refractivity contribution in [1.29, 1.82) is 0 Å². The molecule has 0 aliphatic heterocycles. The Morgan fingerprint density at radius 1 is 1.04 bits per heavy atom. The number of carbonyl (C=O) groups excluding carboxylic acids is 1. The summed E-state index contributed by atoms with van der Waals surface area (Å²) >= 11 is 0. The van der Waals surface area contributed by atoms with E-state index in [0.717, 1.165) is 11.1 Å². The van der Waals surface area contributed by atoms with Gasteiger partial charge in [0.25, 0.3) is 0 Å². The number of aromatic nitrogens is 1. The largest absolute Gasteiger partial charge is 0.485 e. The summed E-state index contributed by atoms with van der Waals surface area (Å²) in [4.78, 5) is 16.4. The SMILES string of the molecule is Cc1ccc(/C=C/C(=O)Nc2ncccc2OCc2ccccc2)cc1. The normalized spacial score (nSPS) is 10.7. The van der Waals surface area contributed by atoms with E-state index in [1.807, 2.05) is 61.5 Å². The number of hydrogen-bond acceptors (Lipinski definition) is 3. The van der Waals surface area contributed by atoms with E-state index in [1.54, 1.807) is 24.4 Å². The molecule has 0 spiro atoms. The van der Waals surface area contributed by atoms with Gasteiger partial charge in [-0.05, 0) is 36.3 Å². The van der Waals surface area contributed by atoms with Crippen LogP contribution in [0.4, 0.5) is 5.82 Å². The summed E-state index contributed by atoms with van der Waals surface area (Å²) < 4.78 is 5.80. The summed E-state index contributed by atoms with van der Waals surface area (Å²) in [6.45, 7) is 2.44. The summed E-state index contributed by atoms with van der Waals surface area (Å²) in [6.07, 6.45) is 4.87. The highest BCUT2D eigenvalue weighted by Crippen LogP contribution is 2.22. The first kappa shape index (κ1) is 17.4. The number of carbonyl (C=O) groups is 1. The second-order valence-electron chi connectivity index (χ2n) is 5.86. The molecule has 0 bridgehead atoms. The number of amides is 1. The summed E-state index contributed by atoms with van der Waals surface area (Å²) in [5, 5.41) is 2.77. The number of nitrogens with one attached hydrogen (secondary N) is 1. The van der Waals surface area contributed by atoms with E-state index >= 15 is 0 Å². The second-order valence-corrected chi connectivity index (χ2v) is 5.86. The van der Waals surface area contributed by atoms with E-state index in [-0.39, 0.29) is 5.91 Å². The van der Waals surface area contributed by atoms with E-state index in [9.17, 15) is 4.79 Å². The maximum atomic E-state index is 12.2. The summed E-state index contributed by atoms with van der Waals surface area (Å²) in [6, 6.07) is 21.4. The summed E-state index contributed by atoms with van der Waals surface area (Å²) in [5.74, 6) is 0.685. The van der Waals surface area contributed by atoms with Gasteiger partial charge in [-0.1, -0.05) is 60.2 Å². The monoisotopic (exact) mass is 344 g/mol. The lowest BCUT2D eigenvalue weighted by molar-refractivity contribution is -0.111. The molecule has 130 valence electrons. The van der Waals surface area contributed by atoms with E-state index in [0.29, 0.717) is 18.2 Å². The van der Waals surface area contributed by atoms with Crippen molar-refractivity contribution in [3.63, 3.8) is 0 Å². The van der Waals surface area contributed by atoms with Gasteiger partial charge in [-0.25, -0.2) is 4.98 Å². The van der Waals surface area contributed by atoms with Crippen LogP contribution in [0.15, 0.2) is 79.0 Å². The molecule has 1 heterocycles. The Hall–Kier alpha value is -3.40. The molecule has 3 aromatic rings. The first-order valence-corrected chi connectivity index (χ1v) is 8.38. The van der Waals surface area contributed by atoms with Gasteiger partial charge in [-0.15, -0.1) is 0 Å². The van der Waals surface area contributed by atoms with Crippen LogP contribution in [0.25, 0.3) is 6.08 Å².